The van der Waals surface area contributed by atoms with E-state index >= 15 is 0 Å². The molecule has 3 rings (SSSR count). The lowest BCUT2D eigenvalue weighted by Gasteiger charge is -2.27. The fraction of sp³-hybridized carbons (Fsp3) is 0.438. The Kier molecular flexibility index (Phi) is 3.65. The topological polar surface area (TPSA) is 50.9 Å². The highest BCUT2D eigenvalue weighted by Crippen LogP contribution is 2.25. The summed E-state index contributed by atoms with van der Waals surface area (Å²) in [5.74, 6) is 0.704. The summed E-state index contributed by atoms with van der Waals surface area (Å²) in [5, 5.41) is 4.78. The molecule has 1 aliphatic carbocycles. The van der Waals surface area contributed by atoms with E-state index in [1.54, 1.807) is 0 Å². The number of pyridine rings is 1. The van der Waals surface area contributed by atoms with Gasteiger partial charge in [-0.15, -0.1) is 0 Å². The van der Waals surface area contributed by atoms with Gasteiger partial charge in [-0.3, -0.25) is 4.98 Å². The minimum absolute atomic E-state index is 0.398. The van der Waals surface area contributed by atoms with Crippen molar-refractivity contribution in [1.82, 2.24) is 4.98 Å². The van der Waals surface area contributed by atoms with E-state index < -0.39 is 0 Å². The maximum Gasteiger partial charge on any atom is 0.0722 e. The molecule has 0 saturated heterocycles. The van der Waals surface area contributed by atoms with Crippen LogP contribution in [-0.2, 0) is 0 Å². The quantitative estimate of drug-likeness (QED) is 0.885. The monoisotopic (exact) mass is 255 g/mol. The van der Waals surface area contributed by atoms with E-state index in [0.29, 0.717) is 12.0 Å². The maximum atomic E-state index is 6.05. The first-order chi connectivity index (χ1) is 9.33. The lowest BCUT2D eigenvalue weighted by molar-refractivity contribution is 0.335. The van der Waals surface area contributed by atoms with Crippen LogP contribution in [0, 0.1) is 5.92 Å². The Balaban J connectivity index is 1.71. The van der Waals surface area contributed by atoms with Crippen molar-refractivity contribution in [1.29, 1.82) is 0 Å². The molecular formula is C16H21N3. The summed E-state index contributed by atoms with van der Waals surface area (Å²) in [6, 6.07) is 10.7. The van der Waals surface area contributed by atoms with Gasteiger partial charge in [-0.05, 0) is 37.3 Å². The smallest absolute Gasteiger partial charge is 0.0722 e. The number of benzene rings is 1. The van der Waals surface area contributed by atoms with E-state index in [2.05, 4.69) is 34.6 Å². The highest BCUT2D eigenvalue weighted by molar-refractivity contribution is 5.90. The summed E-state index contributed by atoms with van der Waals surface area (Å²) in [4.78, 5) is 4.39. The molecule has 0 radical (unpaired) electrons. The molecule has 0 bridgehead atoms. The van der Waals surface area contributed by atoms with Gasteiger partial charge in [0.2, 0.25) is 0 Å². The molecule has 1 fully saturated rings. The second-order valence-corrected chi connectivity index (χ2v) is 5.55. The SMILES string of the molecule is NC1CCCC(CNc2ccnc3ccccc23)C1. The number of nitrogens with zero attached hydrogens (tertiary/aromatic N) is 1. The Morgan fingerprint density at radius 2 is 2.11 bits per heavy atom. The summed E-state index contributed by atoms with van der Waals surface area (Å²) >= 11 is 0. The second kappa shape index (κ2) is 5.57. The molecule has 3 N–H and O–H groups in total. The Labute approximate surface area is 114 Å². The largest absolute Gasteiger partial charge is 0.384 e. The van der Waals surface area contributed by atoms with Crippen LogP contribution in [-0.4, -0.2) is 17.6 Å². The number of aromatic nitrogens is 1. The van der Waals surface area contributed by atoms with E-state index in [4.69, 9.17) is 5.73 Å². The molecule has 3 nitrogen and oxygen atoms in total. The van der Waals surface area contributed by atoms with Crippen molar-refractivity contribution in [2.24, 2.45) is 11.7 Å². The first kappa shape index (κ1) is 12.4. The summed E-state index contributed by atoms with van der Waals surface area (Å²) in [7, 11) is 0. The van der Waals surface area contributed by atoms with E-state index in [0.717, 1.165) is 18.5 Å². The summed E-state index contributed by atoms with van der Waals surface area (Å²) in [5.41, 5.74) is 8.28. The van der Waals surface area contributed by atoms with E-state index in [1.165, 1.54) is 30.3 Å². The van der Waals surface area contributed by atoms with Crippen LogP contribution in [0.2, 0.25) is 0 Å². The van der Waals surface area contributed by atoms with E-state index in [9.17, 15) is 0 Å². The van der Waals surface area contributed by atoms with Crippen molar-refractivity contribution >= 4 is 16.6 Å². The average molecular weight is 255 g/mol. The highest BCUT2D eigenvalue weighted by atomic mass is 14.9. The molecule has 1 aromatic heterocycles. The van der Waals surface area contributed by atoms with Crippen molar-refractivity contribution in [3.05, 3.63) is 36.5 Å². The van der Waals surface area contributed by atoms with Crippen LogP contribution in [0.1, 0.15) is 25.7 Å². The first-order valence-electron chi connectivity index (χ1n) is 7.16. The molecule has 1 heterocycles. The van der Waals surface area contributed by atoms with Crippen LogP contribution in [0.5, 0.6) is 0 Å². The van der Waals surface area contributed by atoms with Gasteiger partial charge < -0.3 is 11.1 Å². The Hall–Kier alpha value is -1.61. The zero-order chi connectivity index (χ0) is 13.1. The number of anilines is 1. The molecule has 2 unspecified atom stereocenters. The van der Waals surface area contributed by atoms with Gasteiger partial charge >= 0.3 is 0 Å². The molecule has 0 amide bonds. The zero-order valence-electron chi connectivity index (χ0n) is 11.2. The third-order valence-electron chi connectivity index (χ3n) is 4.05. The molecule has 100 valence electrons. The lowest BCUT2D eigenvalue weighted by Crippen LogP contribution is -2.30. The van der Waals surface area contributed by atoms with Gasteiger partial charge in [-0.1, -0.05) is 24.6 Å². The number of hydrogen-bond acceptors (Lipinski definition) is 3. The minimum Gasteiger partial charge on any atom is -0.384 e. The van der Waals surface area contributed by atoms with Crippen molar-refractivity contribution in [2.75, 3.05) is 11.9 Å². The molecule has 2 aromatic rings. The zero-order valence-corrected chi connectivity index (χ0v) is 11.2. The predicted molar refractivity (Wildman–Crippen MR) is 80.2 cm³/mol. The van der Waals surface area contributed by atoms with Crippen LogP contribution in [0.25, 0.3) is 10.9 Å². The third kappa shape index (κ3) is 2.87. The average Bonchev–Trinajstić information content (AvgIpc) is 2.45. The molecule has 0 spiro atoms. The van der Waals surface area contributed by atoms with Gasteiger partial charge in [0.15, 0.2) is 0 Å². The van der Waals surface area contributed by atoms with Crippen molar-refractivity contribution in [2.45, 2.75) is 31.7 Å². The first-order valence-corrected chi connectivity index (χ1v) is 7.16. The number of fused-ring (bicyclic) bond motifs is 1. The van der Waals surface area contributed by atoms with E-state index in [-0.39, 0.29) is 0 Å². The normalized spacial score (nSPS) is 23.4. The van der Waals surface area contributed by atoms with Crippen LogP contribution >= 0.6 is 0 Å². The molecule has 1 aromatic carbocycles. The summed E-state index contributed by atoms with van der Waals surface area (Å²) < 4.78 is 0. The highest BCUT2D eigenvalue weighted by Gasteiger charge is 2.18. The molecule has 0 aliphatic heterocycles. The van der Waals surface area contributed by atoms with Gasteiger partial charge in [-0.2, -0.15) is 0 Å². The Bertz CT molecular complexity index is 547. The fourth-order valence-corrected chi connectivity index (χ4v) is 3.02. The van der Waals surface area contributed by atoms with Gasteiger partial charge in [0.1, 0.15) is 0 Å². The minimum atomic E-state index is 0.398. The molecule has 19 heavy (non-hydrogen) atoms. The molecular weight excluding hydrogens is 234 g/mol. The van der Waals surface area contributed by atoms with Crippen molar-refractivity contribution < 1.29 is 0 Å². The van der Waals surface area contributed by atoms with Crippen molar-refractivity contribution in [3.8, 4) is 0 Å². The predicted octanol–water partition coefficient (Wildman–Crippen LogP) is 3.16. The third-order valence-corrected chi connectivity index (χ3v) is 4.05. The van der Waals surface area contributed by atoms with Crippen LogP contribution in [0.3, 0.4) is 0 Å². The van der Waals surface area contributed by atoms with Gasteiger partial charge in [0, 0.05) is 29.9 Å². The number of hydrogen-bond donors (Lipinski definition) is 2. The standard InChI is InChI=1S/C16H21N3/c17-13-5-3-4-12(10-13)11-19-16-8-9-18-15-7-2-1-6-14(15)16/h1-2,6-9,12-13H,3-5,10-11,17H2,(H,18,19). The van der Waals surface area contributed by atoms with Crippen molar-refractivity contribution in [3.63, 3.8) is 0 Å². The molecule has 2 atom stereocenters. The van der Waals surface area contributed by atoms with Crippen LogP contribution in [0.4, 0.5) is 5.69 Å². The number of para-hydroxylation sites is 1. The van der Waals surface area contributed by atoms with Gasteiger partial charge in [-0.25, -0.2) is 0 Å². The molecule has 1 aliphatic rings. The van der Waals surface area contributed by atoms with Gasteiger partial charge in [0.25, 0.3) is 0 Å². The molecule has 1 saturated carbocycles. The maximum absolute atomic E-state index is 6.05. The summed E-state index contributed by atoms with van der Waals surface area (Å²) in [6.07, 6.45) is 6.77. The number of nitrogens with one attached hydrogen (secondary N) is 1. The van der Waals surface area contributed by atoms with Gasteiger partial charge in [0.05, 0.1) is 5.52 Å². The lowest BCUT2D eigenvalue weighted by atomic mass is 9.86. The van der Waals surface area contributed by atoms with Crippen LogP contribution < -0.4 is 11.1 Å². The second-order valence-electron chi connectivity index (χ2n) is 5.55. The molecule has 3 heteroatoms. The fourth-order valence-electron chi connectivity index (χ4n) is 3.02. The van der Waals surface area contributed by atoms with E-state index in [1.807, 2.05) is 12.3 Å². The van der Waals surface area contributed by atoms with Crippen LogP contribution in [0.15, 0.2) is 36.5 Å². The Morgan fingerprint density at radius 1 is 1.21 bits per heavy atom. The number of rotatable bonds is 3. The Morgan fingerprint density at radius 3 is 3.00 bits per heavy atom. The summed E-state index contributed by atoms with van der Waals surface area (Å²) in [6.45, 7) is 1.02. The number of nitrogens with two attached hydrogens (primary N) is 1.